The monoisotopic (exact) mass is 374 g/mol. The molecule has 2 rings (SSSR count). The van der Waals surface area contributed by atoms with E-state index in [1.54, 1.807) is 19.6 Å². The van der Waals surface area contributed by atoms with Crippen molar-refractivity contribution in [3.63, 3.8) is 0 Å². The number of methoxy groups -OCH3 is 4. The fraction of sp³-hybridized carbons (Fsp3) is 0.875. The van der Waals surface area contributed by atoms with Gasteiger partial charge in [0.2, 0.25) is 0 Å². The molecule has 150 valence electrons. The molecule has 0 aliphatic carbocycles. The van der Waals surface area contributed by atoms with Gasteiger partial charge >= 0.3 is 12.1 Å². The van der Waals surface area contributed by atoms with E-state index in [1.807, 2.05) is 13.8 Å². The second kappa shape index (κ2) is 7.95. The highest BCUT2D eigenvalue weighted by atomic mass is 16.5. The molecule has 0 atom stereocenters. The van der Waals surface area contributed by atoms with Crippen LogP contribution in [0.5, 0.6) is 0 Å². The number of ether oxygens (including phenoxy) is 4. The van der Waals surface area contributed by atoms with Crippen LogP contribution in [0.1, 0.15) is 26.7 Å². The first-order valence-electron chi connectivity index (χ1n) is 8.62. The lowest BCUT2D eigenvalue weighted by atomic mass is 9.87. The molecule has 0 aromatic rings. The normalized spacial score (nSPS) is 28.5. The van der Waals surface area contributed by atoms with Crippen molar-refractivity contribution in [3.05, 3.63) is 0 Å². The molecule has 0 radical (unpaired) electrons. The summed E-state index contributed by atoms with van der Waals surface area (Å²) in [6, 6.07) is -0.515. The van der Waals surface area contributed by atoms with Crippen LogP contribution in [0.4, 0.5) is 9.59 Å². The molecular formula is C16H30N4O6. The number of nitrogens with zero attached hydrogens (tertiary/aromatic N) is 4. The third-order valence-corrected chi connectivity index (χ3v) is 5.37. The van der Waals surface area contributed by atoms with Crippen molar-refractivity contribution in [2.75, 3.05) is 55.4 Å². The van der Waals surface area contributed by atoms with Gasteiger partial charge < -0.3 is 18.9 Å². The minimum Gasteiger partial charge on any atom is -0.364 e. The predicted molar refractivity (Wildman–Crippen MR) is 91.7 cm³/mol. The molecule has 0 spiro atoms. The molecule has 0 N–H and O–H groups in total. The molecule has 0 saturated carbocycles. The number of rotatable bonds is 10. The first-order chi connectivity index (χ1) is 12.5. The van der Waals surface area contributed by atoms with Crippen LogP contribution in [0.25, 0.3) is 0 Å². The molecule has 0 unspecified atom stereocenters. The Morgan fingerprint density at radius 3 is 1.00 bits per heavy atom. The summed E-state index contributed by atoms with van der Waals surface area (Å²) in [6.45, 7) is 4.07. The van der Waals surface area contributed by atoms with Crippen molar-refractivity contribution >= 4 is 12.1 Å². The Morgan fingerprint density at radius 1 is 0.615 bits per heavy atom. The lowest BCUT2D eigenvalue weighted by Crippen LogP contribution is -2.68. The molecule has 2 heterocycles. The third kappa shape index (κ3) is 2.39. The first-order valence-corrected chi connectivity index (χ1v) is 8.62. The van der Waals surface area contributed by atoms with E-state index in [-0.39, 0.29) is 39.0 Å². The van der Waals surface area contributed by atoms with E-state index in [0.29, 0.717) is 12.8 Å². The second-order valence-electron chi connectivity index (χ2n) is 6.29. The lowest BCUT2D eigenvalue weighted by Gasteiger charge is -2.48. The van der Waals surface area contributed by atoms with Crippen LogP contribution in [-0.2, 0) is 18.9 Å². The quantitative estimate of drug-likeness (QED) is 0.569. The van der Waals surface area contributed by atoms with E-state index in [1.165, 1.54) is 28.4 Å². The molecule has 2 aliphatic rings. The van der Waals surface area contributed by atoms with Crippen LogP contribution in [0.2, 0.25) is 0 Å². The molecule has 10 heteroatoms. The van der Waals surface area contributed by atoms with E-state index < -0.39 is 11.3 Å². The van der Waals surface area contributed by atoms with Crippen molar-refractivity contribution in [1.29, 1.82) is 0 Å². The van der Waals surface area contributed by atoms with E-state index in [2.05, 4.69) is 0 Å². The van der Waals surface area contributed by atoms with Gasteiger partial charge in [0.05, 0.1) is 0 Å². The van der Waals surface area contributed by atoms with Crippen molar-refractivity contribution in [1.82, 2.24) is 19.6 Å². The van der Waals surface area contributed by atoms with Crippen LogP contribution in [0.3, 0.4) is 0 Å². The fourth-order valence-electron chi connectivity index (χ4n) is 4.57. The molecule has 2 aliphatic heterocycles. The molecule has 4 amide bonds. The van der Waals surface area contributed by atoms with Gasteiger partial charge in [-0.15, -0.1) is 0 Å². The van der Waals surface area contributed by atoms with Crippen molar-refractivity contribution in [3.8, 4) is 0 Å². The fourth-order valence-corrected chi connectivity index (χ4v) is 4.57. The minimum atomic E-state index is -0.973. The van der Waals surface area contributed by atoms with Crippen molar-refractivity contribution in [2.45, 2.75) is 38.0 Å². The molecule has 10 nitrogen and oxygen atoms in total. The molecule has 0 bridgehead atoms. The zero-order valence-electron chi connectivity index (χ0n) is 16.5. The maximum absolute atomic E-state index is 13.3. The van der Waals surface area contributed by atoms with Gasteiger partial charge in [0.15, 0.2) is 11.3 Å². The number of fused-ring (bicyclic) bond motifs is 1. The van der Waals surface area contributed by atoms with E-state index >= 15 is 0 Å². The summed E-state index contributed by atoms with van der Waals surface area (Å²) < 4.78 is 21.3. The molecular weight excluding hydrogens is 344 g/mol. The number of hydrogen-bond donors (Lipinski definition) is 0. The molecule has 0 aromatic carbocycles. The SMILES string of the molecule is CCC12N(COC)C(=O)N(COC)C1(CC)N(COC)C(=O)N2COC. The van der Waals surface area contributed by atoms with Gasteiger partial charge in [-0.25, -0.2) is 9.59 Å². The first kappa shape index (κ1) is 20.7. The standard InChI is InChI=1S/C16H30N4O6/c1-7-15-16(8-2,19(11-25-5)13(21)17(15)9-23-3)20(12-26-6)14(22)18(15)10-24-4/h7-12H2,1-6H3. The van der Waals surface area contributed by atoms with Crippen LogP contribution >= 0.6 is 0 Å². The Labute approximate surface area is 154 Å². The van der Waals surface area contributed by atoms with Gasteiger partial charge in [-0.05, 0) is 12.8 Å². The van der Waals surface area contributed by atoms with Gasteiger partial charge in [0.25, 0.3) is 0 Å². The second-order valence-corrected chi connectivity index (χ2v) is 6.29. The van der Waals surface area contributed by atoms with Gasteiger partial charge in [-0.2, -0.15) is 0 Å². The number of carbonyl (C=O) groups is 2. The van der Waals surface area contributed by atoms with E-state index in [4.69, 9.17) is 18.9 Å². The molecule has 2 saturated heterocycles. The third-order valence-electron chi connectivity index (χ3n) is 5.37. The van der Waals surface area contributed by atoms with E-state index in [9.17, 15) is 9.59 Å². The number of hydrogen-bond acceptors (Lipinski definition) is 6. The number of amides is 4. The van der Waals surface area contributed by atoms with Crippen molar-refractivity contribution < 1.29 is 28.5 Å². The lowest BCUT2D eigenvalue weighted by molar-refractivity contribution is -0.135. The number of urea groups is 2. The Bertz CT molecular complexity index is 453. The zero-order valence-corrected chi connectivity index (χ0v) is 16.5. The number of carbonyl (C=O) groups excluding carboxylic acids is 2. The van der Waals surface area contributed by atoms with Gasteiger partial charge in [-0.1, -0.05) is 13.8 Å². The summed E-state index contributed by atoms with van der Waals surface area (Å²) in [5, 5.41) is 0. The summed E-state index contributed by atoms with van der Waals surface area (Å²) in [7, 11) is 6.09. The van der Waals surface area contributed by atoms with Gasteiger partial charge in [-0.3, -0.25) is 19.6 Å². The summed E-state index contributed by atoms with van der Waals surface area (Å²) in [5.74, 6) is 0. The zero-order chi connectivity index (χ0) is 19.5. The Balaban J connectivity index is 2.76. The maximum atomic E-state index is 13.3. The summed E-state index contributed by atoms with van der Waals surface area (Å²) in [4.78, 5) is 32.9. The summed E-state index contributed by atoms with van der Waals surface area (Å²) in [6.07, 6.45) is 0.983. The maximum Gasteiger partial charge on any atom is 0.327 e. The summed E-state index contributed by atoms with van der Waals surface area (Å²) in [5.41, 5.74) is -1.95. The van der Waals surface area contributed by atoms with E-state index in [0.717, 1.165) is 0 Å². The topological polar surface area (TPSA) is 84.0 Å². The van der Waals surface area contributed by atoms with Crippen molar-refractivity contribution in [2.24, 2.45) is 0 Å². The van der Waals surface area contributed by atoms with Crippen LogP contribution in [-0.4, -0.2) is 98.4 Å². The van der Waals surface area contributed by atoms with Gasteiger partial charge in [0, 0.05) is 28.4 Å². The van der Waals surface area contributed by atoms with Gasteiger partial charge in [0.1, 0.15) is 26.9 Å². The largest absolute Gasteiger partial charge is 0.364 e. The Morgan fingerprint density at radius 2 is 0.846 bits per heavy atom. The highest BCUT2D eigenvalue weighted by Crippen LogP contribution is 2.54. The smallest absolute Gasteiger partial charge is 0.327 e. The molecule has 26 heavy (non-hydrogen) atoms. The summed E-state index contributed by atoms with van der Waals surface area (Å²) >= 11 is 0. The average Bonchev–Trinajstić information content (AvgIpc) is 2.96. The van der Waals surface area contributed by atoms with Crippen LogP contribution in [0.15, 0.2) is 0 Å². The minimum absolute atomic E-state index is 0.0446. The molecule has 2 fully saturated rings. The Hall–Kier alpha value is -1.62. The van der Waals surface area contributed by atoms with Crippen LogP contribution in [0, 0.1) is 0 Å². The highest BCUT2D eigenvalue weighted by molar-refractivity contribution is 5.88. The highest BCUT2D eigenvalue weighted by Gasteiger charge is 2.77. The molecule has 0 aromatic heterocycles. The average molecular weight is 374 g/mol. The van der Waals surface area contributed by atoms with Crippen LogP contribution < -0.4 is 0 Å². The Kier molecular flexibility index (Phi) is 6.33. The predicted octanol–water partition coefficient (Wildman–Crippen LogP) is 1.09.